The van der Waals surface area contributed by atoms with Gasteiger partial charge in [-0.25, -0.2) is 0 Å². The molecule has 5 nitrogen and oxygen atoms in total. The molecule has 0 saturated carbocycles. The third kappa shape index (κ3) is 7.27. The molecule has 2 aromatic carbocycles. The Kier molecular flexibility index (Phi) is 11.5. The SMILES string of the molecule is Cc1nc(CC(C)C)c(CN)c(-c2ccc(CN)cc2)c1NC(=O)Cc1ccccc1.Cl.Cl. The maximum atomic E-state index is 12.9. The van der Waals surface area contributed by atoms with Crippen molar-refractivity contribution in [3.8, 4) is 11.1 Å². The van der Waals surface area contributed by atoms with Crippen LogP contribution in [0.2, 0.25) is 0 Å². The summed E-state index contributed by atoms with van der Waals surface area (Å²) in [6.07, 6.45) is 1.14. The molecule has 0 aliphatic heterocycles. The van der Waals surface area contributed by atoms with Crippen LogP contribution in [0.1, 0.15) is 41.9 Å². The molecule has 1 amide bonds. The fraction of sp³-hybridized carbons (Fsp3) is 0.308. The molecule has 1 aromatic heterocycles. The molecule has 7 heteroatoms. The van der Waals surface area contributed by atoms with Gasteiger partial charge in [0.05, 0.1) is 17.8 Å². The number of aryl methyl sites for hydroxylation is 1. The summed E-state index contributed by atoms with van der Waals surface area (Å²) in [5, 5.41) is 3.13. The number of rotatable bonds is 8. The lowest BCUT2D eigenvalue weighted by Crippen LogP contribution is -2.19. The molecule has 0 aliphatic rings. The number of aromatic nitrogens is 1. The third-order valence-corrected chi connectivity index (χ3v) is 5.32. The topological polar surface area (TPSA) is 94.0 Å². The quantitative estimate of drug-likeness (QED) is 0.406. The van der Waals surface area contributed by atoms with E-state index in [1.54, 1.807) is 0 Å². The first-order valence-electron chi connectivity index (χ1n) is 10.8. The number of carbonyl (C=O) groups is 1. The lowest BCUT2D eigenvalue weighted by molar-refractivity contribution is -0.115. The zero-order chi connectivity index (χ0) is 22.4. The zero-order valence-corrected chi connectivity index (χ0v) is 21.1. The molecular formula is C26H34Cl2N4O. The maximum Gasteiger partial charge on any atom is 0.228 e. The molecule has 1 heterocycles. The standard InChI is InChI=1S/C26H32N4O.2ClH/c1-17(2)13-23-22(16-28)25(21-11-9-20(15-27)10-12-21)26(18(3)29-23)30-24(31)14-19-7-5-4-6-8-19;;/h4-12,17H,13-16,27-28H2,1-3H3,(H,30,31);2*1H. The van der Waals surface area contributed by atoms with Gasteiger partial charge in [-0.15, -0.1) is 24.8 Å². The molecule has 0 spiro atoms. The summed E-state index contributed by atoms with van der Waals surface area (Å²) in [5.74, 6) is 0.374. The van der Waals surface area contributed by atoms with Crippen molar-refractivity contribution in [3.05, 3.63) is 82.7 Å². The van der Waals surface area contributed by atoms with Gasteiger partial charge < -0.3 is 16.8 Å². The highest BCUT2D eigenvalue weighted by Gasteiger charge is 2.21. The van der Waals surface area contributed by atoms with Crippen LogP contribution in [-0.4, -0.2) is 10.9 Å². The summed E-state index contributed by atoms with van der Waals surface area (Å²) >= 11 is 0. The predicted molar refractivity (Wildman–Crippen MR) is 142 cm³/mol. The number of nitrogens with one attached hydrogen (secondary N) is 1. The lowest BCUT2D eigenvalue weighted by Gasteiger charge is -2.21. The molecule has 33 heavy (non-hydrogen) atoms. The van der Waals surface area contributed by atoms with E-state index >= 15 is 0 Å². The Morgan fingerprint density at radius 3 is 2.12 bits per heavy atom. The highest BCUT2D eigenvalue weighted by molar-refractivity contribution is 5.98. The molecule has 0 aliphatic carbocycles. The van der Waals surface area contributed by atoms with Crippen LogP contribution >= 0.6 is 24.8 Å². The molecule has 0 unspecified atom stereocenters. The summed E-state index contributed by atoms with van der Waals surface area (Å²) in [7, 11) is 0. The molecule has 0 radical (unpaired) electrons. The number of nitrogens with two attached hydrogens (primary N) is 2. The molecule has 3 rings (SSSR count). The molecule has 5 N–H and O–H groups in total. The molecular weight excluding hydrogens is 455 g/mol. The van der Waals surface area contributed by atoms with Gasteiger partial charge in [0.1, 0.15) is 0 Å². The number of nitrogens with zero attached hydrogens (tertiary/aromatic N) is 1. The highest BCUT2D eigenvalue weighted by atomic mass is 35.5. The van der Waals surface area contributed by atoms with Crippen LogP contribution in [0.3, 0.4) is 0 Å². The number of amides is 1. The van der Waals surface area contributed by atoms with Gasteiger partial charge in [0.2, 0.25) is 5.91 Å². The molecule has 178 valence electrons. The predicted octanol–water partition coefficient (Wildman–Crippen LogP) is 5.20. The van der Waals surface area contributed by atoms with Crippen LogP contribution in [0.5, 0.6) is 0 Å². The van der Waals surface area contributed by atoms with Crippen molar-refractivity contribution < 1.29 is 4.79 Å². The van der Waals surface area contributed by atoms with E-state index in [2.05, 4.69) is 19.2 Å². The van der Waals surface area contributed by atoms with Crippen molar-refractivity contribution in [2.45, 2.75) is 46.7 Å². The second-order valence-electron chi connectivity index (χ2n) is 8.29. The zero-order valence-electron chi connectivity index (χ0n) is 19.4. The van der Waals surface area contributed by atoms with E-state index in [-0.39, 0.29) is 30.7 Å². The Labute approximate surface area is 209 Å². The van der Waals surface area contributed by atoms with Crippen molar-refractivity contribution in [3.63, 3.8) is 0 Å². The Bertz CT molecular complexity index is 1040. The third-order valence-electron chi connectivity index (χ3n) is 5.32. The summed E-state index contributed by atoms with van der Waals surface area (Å²) in [4.78, 5) is 17.7. The monoisotopic (exact) mass is 488 g/mol. The summed E-state index contributed by atoms with van der Waals surface area (Å²) in [6.45, 7) is 7.12. The largest absolute Gasteiger partial charge is 0.326 e. The van der Waals surface area contributed by atoms with E-state index in [0.717, 1.165) is 51.3 Å². The van der Waals surface area contributed by atoms with Crippen molar-refractivity contribution in [2.24, 2.45) is 17.4 Å². The first kappa shape index (κ1) is 28.6. The first-order valence-corrected chi connectivity index (χ1v) is 10.8. The average Bonchev–Trinajstić information content (AvgIpc) is 2.75. The van der Waals surface area contributed by atoms with Gasteiger partial charge in [-0.3, -0.25) is 9.78 Å². The number of halogens is 2. The van der Waals surface area contributed by atoms with Crippen LogP contribution in [0.4, 0.5) is 5.69 Å². The number of hydrogen-bond donors (Lipinski definition) is 3. The maximum absolute atomic E-state index is 12.9. The second-order valence-corrected chi connectivity index (χ2v) is 8.29. The highest BCUT2D eigenvalue weighted by Crippen LogP contribution is 2.36. The van der Waals surface area contributed by atoms with Crippen LogP contribution in [0.15, 0.2) is 54.6 Å². The van der Waals surface area contributed by atoms with E-state index < -0.39 is 0 Å². The van der Waals surface area contributed by atoms with E-state index in [0.29, 0.717) is 25.4 Å². The van der Waals surface area contributed by atoms with Crippen molar-refractivity contribution in [2.75, 3.05) is 5.32 Å². The Balaban J connectivity index is 0.00000272. The van der Waals surface area contributed by atoms with E-state index in [9.17, 15) is 4.79 Å². The fourth-order valence-electron chi connectivity index (χ4n) is 3.82. The minimum Gasteiger partial charge on any atom is -0.326 e. The van der Waals surface area contributed by atoms with Gasteiger partial charge in [0.15, 0.2) is 0 Å². The molecule has 0 fully saturated rings. The van der Waals surface area contributed by atoms with Gasteiger partial charge in [-0.2, -0.15) is 0 Å². The van der Waals surface area contributed by atoms with E-state index in [1.807, 2.05) is 61.5 Å². The summed E-state index contributed by atoms with van der Waals surface area (Å²) < 4.78 is 0. The van der Waals surface area contributed by atoms with Crippen LogP contribution in [-0.2, 0) is 30.7 Å². The summed E-state index contributed by atoms with van der Waals surface area (Å²) in [6, 6.07) is 17.8. The van der Waals surface area contributed by atoms with Crippen LogP contribution in [0.25, 0.3) is 11.1 Å². The van der Waals surface area contributed by atoms with E-state index in [1.165, 1.54) is 0 Å². The van der Waals surface area contributed by atoms with Gasteiger partial charge in [-0.1, -0.05) is 68.4 Å². The van der Waals surface area contributed by atoms with Crippen molar-refractivity contribution >= 4 is 36.4 Å². The minimum absolute atomic E-state index is 0. The Morgan fingerprint density at radius 1 is 0.939 bits per heavy atom. The van der Waals surface area contributed by atoms with Gasteiger partial charge in [0, 0.05) is 24.3 Å². The second kappa shape index (κ2) is 13.3. The normalized spacial score (nSPS) is 10.4. The van der Waals surface area contributed by atoms with Gasteiger partial charge in [-0.05, 0) is 41.5 Å². The van der Waals surface area contributed by atoms with Crippen LogP contribution in [0, 0.1) is 12.8 Å². The number of hydrogen-bond acceptors (Lipinski definition) is 4. The number of carbonyl (C=O) groups excluding carboxylic acids is 1. The molecule has 0 bridgehead atoms. The fourth-order valence-corrected chi connectivity index (χ4v) is 3.82. The minimum atomic E-state index is -0.0736. The van der Waals surface area contributed by atoms with Gasteiger partial charge in [0.25, 0.3) is 0 Å². The average molecular weight is 489 g/mol. The van der Waals surface area contributed by atoms with Gasteiger partial charge >= 0.3 is 0 Å². The molecule has 0 atom stereocenters. The number of anilines is 1. The Hall–Kier alpha value is -2.44. The lowest BCUT2D eigenvalue weighted by atomic mass is 9.92. The molecule has 3 aromatic rings. The Morgan fingerprint density at radius 2 is 1.58 bits per heavy atom. The van der Waals surface area contributed by atoms with E-state index in [4.69, 9.17) is 16.5 Å². The van der Waals surface area contributed by atoms with Crippen LogP contribution < -0.4 is 16.8 Å². The number of pyridine rings is 1. The smallest absolute Gasteiger partial charge is 0.228 e. The van der Waals surface area contributed by atoms with Crippen molar-refractivity contribution in [1.29, 1.82) is 0 Å². The first-order chi connectivity index (χ1) is 14.9. The number of benzene rings is 2. The summed E-state index contributed by atoms with van der Waals surface area (Å²) in [5.41, 5.74) is 19.5. The molecule has 0 saturated heterocycles. The van der Waals surface area contributed by atoms with Crippen molar-refractivity contribution in [1.82, 2.24) is 4.98 Å².